The van der Waals surface area contributed by atoms with Crippen LogP contribution in [-0.2, 0) is 0 Å². The molecular weight excluding hydrogens is 389 g/mol. The maximum atomic E-state index is 6.23. The molecule has 0 bridgehead atoms. The third kappa shape index (κ3) is 2.73. The lowest BCUT2D eigenvalue weighted by Gasteiger charge is -2.10. The van der Waals surface area contributed by atoms with Crippen molar-refractivity contribution >= 4 is 57.4 Å². The van der Waals surface area contributed by atoms with Crippen molar-refractivity contribution in [2.75, 3.05) is 0 Å². The molecule has 0 N–H and O–H groups in total. The second-order valence-electron chi connectivity index (χ2n) is 3.68. The Bertz CT molecular complexity index is 579. The molecule has 2 rings (SSSR count). The fourth-order valence-corrected chi connectivity index (χ4v) is 2.95. The third-order valence-corrected chi connectivity index (χ3v) is 4.48. The van der Waals surface area contributed by atoms with Crippen LogP contribution in [0.15, 0.2) is 30.3 Å². The van der Waals surface area contributed by atoms with Crippen LogP contribution < -0.4 is 0 Å². The molecule has 0 aromatic heterocycles. The van der Waals surface area contributed by atoms with Gasteiger partial charge in [0.1, 0.15) is 0 Å². The van der Waals surface area contributed by atoms with Crippen LogP contribution in [0.1, 0.15) is 5.56 Å². The van der Waals surface area contributed by atoms with E-state index in [4.69, 9.17) is 34.8 Å². The molecule has 0 saturated heterocycles. The molecule has 0 atom stereocenters. The van der Waals surface area contributed by atoms with E-state index in [0.717, 1.165) is 16.7 Å². The summed E-state index contributed by atoms with van der Waals surface area (Å²) in [5.74, 6) is 0. The van der Waals surface area contributed by atoms with E-state index in [1.54, 1.807) is 6.07 Å². The predicted molar refractivity (Wildman–Crippen MR) is 84.4 cm³/mol. The Morgan fingerprint density at radius 2 is 1.53 bits per heavy atom. The van der Waals surface area contributed by atoms with Crippen molar-refractivity contribution in [3.8, 4) is 11.1 Å². The van der Waals surface area contributed by atoms with Crippen LogP contribution >= 0.6 is 57.4 Å². The summed E-state index contributed by atoms with van der Waals surface area (Å²) in [4.78, 5) is 0. The molecule has 0 nitrogen and oxygen atoms in total. The van der Waals surface area contributed by atoms with E-state index in [2.05, 4.69) is 35.6 Å². The molecule has 0 aliphatic heterocycles. The second-order valence-corrected chi connectivity index (χ2v) is 6.09. The van der Waals surface area contributed by atoms with E-state index >= 15 is 0 Å². The maximum absolute atomic E-state index is 6.23. The van der Waals surface area contributed by atoms with Gasteiger partial charge in [0.05, 0.1) is 15.1 Å². The van der Waals surface area contributed by atoms with Gasteiger partial charge in [-0.1, -0.05) is 46.9 Å². The first-order chi connectivity index (χ1) is 8.00. The van der Waals surface area contributed by atoms with Crippen molar-refractivity contribution in [3.63, 3.8) is 0 Å². The summed E-state index contributed by atoms with van der Waals surface area (Å²) in [6, 6.07) is 9.85. The summed E-state index contributed by atoms with van der Waals surface area (Å²) >= 11 is 20.5. The Morgan fingerprint density at radius 3 is 2.18 bits per heavy atom. The minimum Gasteiger partial charge on any atom is -0.0827 e. The molecule has 0 amide bonds. The molecule has 0 aliphatic rings. The zero-order chi connectivity index (χ0) is 12.6. The first-order valence-corrected chi connectivity index (χ1v) is 7.12. The normalized spacial score (nSPS) is 10.6. The predicted octanol–water partition coefficient (Wildman–Crippen LogP) is 6.23. The zero-order valence-electron chi connectivity index (χ0n) is 8.90. The van der Waals surface area contributed by atoms with Crippen LogP contribution in [0.25, 0.3) is 11.1 Å². The lowest BCUT2D eigenvalue weighted by Crippen LogP contribution is -1.87. The lowest BCUT2D eigenvalue weighted by molar-refractivity contribution is 1.44. The molecule has 0 fully saturated rings. The first-order valence-electron chi connectivity index (χ1n) is 4.90. The zero-order valence-corrected chi connectivity index (χ0v) is 13.3. The van der Waals surface area contributed by atoms with E-state index in [1.165, 1.54) is 3.57 Å². The molecule has 2 aromatic carbocycles. The molecular formula is C13H8Cl3I. The minimum absolute atomic E-state index is 0.406. The number of hydrogen-bond acceptors (Lipinski definition) is 0. The summed E-state index contributed by atoms with van der Waals surface area (Å²) in [7, 11) is 0. The number of benzene rings is 2. The van der Waals surface area contributed by atoms with E-state index in [9.17, 15) is 0 Å². The van der Waals surface area contributed by atoms with Crippen molar-refractivity contribution in [3.05, 3.63) is 54.5 Å². The van der Waals surface area contributed by atoms with Crippen molar-refractivity contribution in [1.82, 2.24) is 0 Å². The van der Waals surface area contributed by atoms with Crippen LogP contribution in [0.3, 0.4) is 0 Å². The van der Waals surface area contributed by atoms with E-state index < -0.39 is 0 Å². The molecule has 4 heteroatoms. The summed E-state index contributed by atoms with van der Waals surface area (Å²) < 4.78 is 1.19. The fraction of sp³-hybridized carbons (Fsp3) is 0.0769. The SMILES string of the molecule is Cc1cc(I)ccc1-c1ccc(Cl)c(Cl)c1Cl. The van der Waals surface area contributed by atoms with Gasteiger partial charge in [-0.15, -0.1) is 0 Å². The Labute approximate surface area is 129 Å². The molecule has 88 valence electrons. The fourth-order valence-electron chi connectivity index (χ4n) is 1.66. The van der Waals surface area contributed by atoms with Crippen molar-refractivity contribution in [2.24, 2.45) is 0 Å². The largest absolute Gasteiger partial charge is 0.0827 e. The Morgan fingerprint density at radius 1 is 0.882 bits per heavy atom. The molecule has 17 heavy (non-hydrogen) atoms. The molecule has 0 spiro atoms. The maximum Gasteiger partial charge on any atom is 0.0784 e. The van der Waals surface area contributed by atoms with Gasteiger partial charge < -0.3 is 0 Å². The van der Waals surface area contributed by atoms with Crippen molar-refractivity contribution in [1.29, 1.82) is 0 Å². The van der Waals surface area contributed by atoms with Gasteiger partial charge in [-0.25, -0.2) is 0 Å². The number of hydrogen-bond donors (Lipinski definition) is 0. The molecule has 0 radical (unpaired) electrons. The topological polar surface area (TPSA) is 0 Å². The average molecular weight is 397 g/mol. The summed E-state index contributed by atoms with van der Waals surface area (Å²) in [6.45, 7) is 2.05. The van der Waals surface area contributed by atoms with Crippen LogP contribution in [0.5, 0.6) is 0 Å². The lowest BCUT2D eigenvalue weighted by atomic mass is 10.0. The van der Waals surface area contributed by atoms with Gasteiger partial charge in [0, 0.05) is 9.13 Å². The summed E-state index contributed by atoms with van der Waals surface area (Å²) in [5.41, 5.74) is 3.15. The van der Waals surface area contributed by atoms with Gasteiger partial charge in [0.25, 0.3) is 0 Å². The molecule has 0 saturated carbocycles. The highest BCUT2D eigenvalue weighted by molar-refractivity contribution is 14.1. The number of halogens is 4. The Hall–Kier alpha value is 0.0400. The van der Waals surface area contributed by atoms with Gasteiger partial charge in [-0.2, -0.15) is 0 Å². The van der Waals surface area contributed by atoms with Gasteiger partial charge >= 0.3 is 0 Å². The van der Waals surface area contributed by atoms with Crippen LogP contribution in [0.4, 0.5) is 0 Å². The molecule has 2 aromatic rings. The van der Waals surface area contributed by atoms with Crippen LogP contribution in [0.2, 0.25) is 15.1 Å². The van der Waals surface area contributed by atoms with Gasteiger partial charge in [0.2, 0.25) is 0 Å². The number of aryl methyl sites for hydroxylation is 1. The highest BCUT2D eigenvalue weighted by Gasteiger charge is 2.12. The average Bonchev–Trinajstić information content (AvgIpc) is 2.28. The summed E-state index contributed by atoms with van der Waals surface area (Å²) in [5, 5.41) is 1.39. The Kier molecular flexibility index (Phi) is 4.24. The quantitative estimate of drug-likeness (QED) is 0.395. The highest BCUT2D eigenvalue weighted by Crippen LogP contribution is 2.39. The molecule has 0 heterocycles. The highest BCUT2D eigenvalue weighted by atomic mass is 127. The monoisotopic (exact) mass is 396 g/mol. The van der Waals surface area contributed by atoms with Crippen molar-refractivity contribution in [2.45, 2.75) is 6.92 Å². The first kappa shape index (κ1) is 13.5. The van der Waals surface area contributed by atoms with Crippen LogP contribution in [0, 0.1) is 10.5 Å². The molecule has 0 unspecified atom stereocenters. The minimum atomic E-state index is 0.406. The van der Waals surface area contributed by atoms with E-state index in [1.807, 2.05) is 18.2 Å². The van der Waals surface area contributed by atoms with Gasteiger partial charge in [-0.3, -0.25) is 0 Å². The Balaban J connectivity index is 2.65. The van der Waals surface area contributed by atoms with Crippen LogP contribution in [-0.4, -0.2) is 0 Å². The smallest absolute Gasteiger partial charge is 0.0784 e. The standard InChI is InChI=1S/C13H8Cl3I/c1-7-6-8(17)2-3-9(7)10-4-5-11(14)13(16)12(10)15/h2-6H,1H3. The van der Waals surface area contributed by atoms with E-state index in [0.29, 0.717) is 15.1 Å². The van der Waals surface area contributed by atoms with E-state index in [-0.39, 0.29) is 0 Å². The van der Waals surface area contributed by atoms with Gasteiger partial charge in [-0.05, 0) is 58.8 Å². The number of rotatable bonds is 1. The van der Waals surface area contributed by atoms with Gasteiger partial charge in [0.15, 0.2) is 0 Å². The summed E-state index contributed by atoms with van der Waals surface area (Å²) in [6.07, 6.45) is 0. The molecule has 0 aliphatic carbocycles. The third-order valence-electron chi connectivity index (χ3n) is 2.51. The second kappa shape index (κ2) is 5.35. The van der Waals surface area contributed by atoms with Crippen molar-refractivity contribution < 1.29 is 0 Å².